The van der Waals surface area contributed by atoms with Crippen molar-refractivity contribution >= 4 is 35.9 Å². The van der Waals surface area contributed by atoms with E-state index in [1.54, 1.807) is 0 Å². The summed E-state index contributed by atoms with van der Waals surface area (Å²) in [5, 5.41) is 167. The second kappa shape index (κ2) is 30.6. The Morgan fingerprint density at radius 2 is 0.560 bits per heavy atom. The first-order chi connectivity index (χ1) is 39.8. The predicted molar refractivity (Wildman–Crippen MR) is 264 cm³/mol. The van der Waals surface area contributed by atoms with Crippen LogP contribution in [0, 0.1) is 0 Å². The normalized spacial score (nSPS) is 44.4. The van der Waals surface area contributed by atoms with Gasteiger partial charge in [0.2, 0.25) is 35.9 Å². The molecule has 6 aliphatic heterocycles. The Morgan fingerprint density at radius 1 is 0.333 bits per heavy atom. The molecule has 0 radical (unpaired) electrons. The average molecular weight is 1220 g/mol. The molecule has 0 aromatic heterocycles. The first kappa shape index (κ1) is 68.9. The lowest BCUT2D eigenvalue weighted by molar-refractivity contribution is -0.370. The SMILES string of the molecule is CC(=O)N[C@H]1[C@H](O[C@H]2[C@H](O)[C@@H](NC(C)=O)[C@H](O[C@H]3[C@H](O)[C@@H](NC(C)=O)C(O)O[C@@H]3CO)O[C@@H]2CO)O[C@H](CO)[C@@H](O[C@@H]2O[C@H](CO)[C@@H](O[C@@H]3O[C@H](CO)[C@@H](O[C@@H]4O[C@H](CO)[C@@H](O)[C@H](O)[C@H]4NC(C)=O)[C@H](O)[C@H]3NC(C)=O)[C@H](O)[C@H]2NC=O)[C@@H]1O. The molecule has 84 heavy (non-hydrogen) atoms. The van der Waals surface area contributed by atoms with E-state index in [-0.39, 0.29) is 6.41 Å². The average Bonchev–Trinajstić information content (AvgIpc) is 1.59. The maximum atomic E-state index is 12.8. The summed E-state index contributed by atoms with van der Waals surface area (Å²) < 4.78 is 65.1. The molecule has 0 aromatic carbocycles. The molecule has 37 nitrogen and oxygen atoms in total. The van der Waals surface area contributed by atoms with E-state index in [1.165, 1.54) is 0 Å². The third kappa shape index (κ3) is 15.7. The maximum absolute atomic E-state index is 12.8. The smallest absolute Gasteiger partial charge is 0.217 e. The fraction of sp³-hybridized carbons (Fsp3) is 0.872. The number of hydrogen-bond acceptors (Lipinski definition) is 31. The van der Waals surface area contributed by atoms with Gasteiger partial charge in [-0.3, -0.25) is 28.8 Å². The second-order valence-electron chi connectivity index (χ2n) is 20.8. The highest BCUT2D eigenvalue weighted by atomic mass is 16.8. The lowest BCUT2D eigenvalue weighted by atomic mass is 9.93. The van der Waals surface area contributed by atoms with E-state index in [4.69, 9.17) is 52.1 Å². The fourth-order valence-corrected chi connectivity index (χ4v) is 10.8. The zero-order valence-corrected chi connectivity index (χ0v) is 45.8. The molecule has 0 saturated carbocycles. The van der Waals surface area contributed by atoms with Crippen molar-refractivity contribution in [1.29, 1.82) is 0 Å². The van der Waals surface area contributed by atoms with Crippen LogP contribution >= 0.6 is 0 Å². The van der Waals surface area contributed by atoms with Crippen LogP contribution in [0.25, 0.3) is 0 Å². The van der Waals surface area contributed by atoms with Gasteiger partial charge in [0, 0.05) is 34.6 Å². The topological polar surface area (TPSA) is 559 Å². The Balaban J connectivity index is 1.21. The first-order valence-electron chi connectivity index (χ1n) is 26.6. The minimum atomic E-state index is -2.06. The van der Waals surface area contributed by atoms with Crippen LogP contribution in [-0.4, -0.2) is 331 Å². The third-order valence-corrected chi connectivity index (χ3v) is 14.7. The van der Waals surface area contributed by atoms with E-state index in [2.05, 4.69) is 31.9 Å². The van der Waals surface area contributed by atoms with Crippen molar-refractivity contribution in [3.63, 3.8) is 0 Å². The van der Waals surface area contributed by atoms with Crippen molar-refractivity contribution < 1.29 is 152 Å². The van der Waals surface area contributed by atoms with Gasteiger partial charge in [-0.1, -0.05) is 0 Å². The minimum absolute atomic E-state index is 0.0801. The molecule has 6 aliphatic rings. The third-order valence-electron chi connectivity index (χ3n) is 14.7. The largest absolute Gasteiger partial charge is 0.394 e. The van der Waals surface area contributed by atoms with Crippen LogP contribution < -0.4 is 31.9 Å². The highest BCUT2D eigenvalue weighted by molar-refractivity contribution is 5.75. The molecular weight excluding hydrogens is 1140 g/mol. The van der Waals surface area contributed by atoms with Gasteiger partial charge in [-0.05, 0) is 0 Å². The van der Waals surface area contributed by atoms with Crippen LogP contribution in [0.4, 0.5) is 0 Å². The number of rotatable bonds is 23. The van der Waals surface area contributed by atoms with Gasteiger partial charge >= 0.3 is 0 Å². The molecule has 0 spiro atoms. The van der Waals surface area contributed by atoms with Gasteiger partial charge in [-0.2, -0.15) is 0 Å². The van der Waals surface area contributed by atoms with Gasteiger partial charge in [0.15, 0.2) is 37.7 Å². The van der Waals surface area contributed by atoms with Crippen LogP contribution in [-0.2, 0) is 80.9 Å². The summed E-state index contributed by atoms with van der Waals surface area (Å²) in [6, 6.07) is -10.0. The molecule has 0 bridgehead atoms. The number of amides is 6. The van der Waals surface area contributed by atoms with E-state index >= 15 is 0 Å². The standard InChI is InChI=1S/C47H78N6O31/c1-13(61)49-24-32(68)37(19(7-55)74-42(24)73)81-45-28(52-16(4)64)36(72)41(23(11-59)78-45)84-47-27(51-15(3)63)34(70)39(21(9-57)77-47)80-43-25(48-12-60)33(69)38(20(8-56)76-43)82-46-29(53-17(5)65)35(71)40(22(10-58)79-46)83-44-26(50-14(2)62)31(67)30(66)18(6-54)75-44/h12,18-47,54-59,66-73H,6-11H2,1-5H3,(H,48,60)(H,49,61)(H,50,62)(H,51,63)(H,52,64)(H,53,65)/t18-,19-,20-,21-,22-,23-,24-,25-,26-,27-,28-,29-,30-,31-,32-,33-,34-,35-,36-,37-,38-,39-,40-,41-,42?,43+,44+,45+,46+,47+/m1/s1. The van der Waals surface area contributed by atoms with Crippen LogP contribution in [0.3, 0.4) is 0 Å². The molecule has 6 fully saturated rings. The number of ether oxygens (including phenoxy) is 11. The summed E-state index contributed by atoms with van der Waals surface area (Å²) >= 11 is 0. The summed E-state index contributed by atoms with van der Waals surface area (Å²) in [5.41, 5.74) is 0. The second-order valence-corrected chi connectivity index (χ2v) is 20.8. The quantitative estimate of drug-likeness (QED) is 0.0423. The summed E-state index contributed by atoms with van der Waals surface area (Å²) in [4.78, 5) is 74.1. The predicted octanol–water partition coefficient (Wildman–Crippen LogP) is -13.6. The molecule has 6 rings (SSSR count). The lowest BCUT2D eigenvalue weighted by Gasteiger charge is -2.51. The van der Waals surface area contributed by atoms with Crippen molar-refractivity contribution in [3.05, 3.63) is 0 Å². The van der Waals surface area contributed by atoms with E-state index in [1.807, 2.05) is 0 Å². The molecule has 0 aromatic rings. The monoisotopic (exact) mass is 1220 g/mol. The van der Waals surface area contributed by atoms with Crippen molar-refractivity contribution in [2.45, 2.75) is 218 Å². The molecule has 30 atom stereocenters. The molecule has 20 N–H and O–H groups in total. The van der Waals surface area contributed by atoms with Crippen LogP contribution in [0.5, 0.6) is 0 Å². The molecule has 482 valence electrons. The zero-order chi connectivity index (χ0) is 62.2. The van der Waals surface area contributed by atoms with Gasteiger partial charge in [-0.15, -0.1) is 0 Å². The summed E-state index contributed by atoms with van der Waals surface area (Å²) in [7, 11) is 0. The van der Waals surface area contributed by atoms with E-state index in [0.29, 0.717) is 0 Å². The molecule has 6 amide bonds. The Kier molecular flexibility index (Phi) is 25.1. The molecular formula is C47H78N6O31. The van der Waals surface area contributed by atoms with Crippen LogP contribution in [0.2, 0.25) is 0 Å². The highest BCUT2D eigenvalue weighted by Gasteiger charge is 2.59. The molecule has 37 heteroatoms. The van der Waals surface area contributed by atoms with Crippen molar-refractivity contribution in [1.82, 2.24) is 31.9 Å². The van der Waals surface area contributed by atoms with Gasteiger partial charge in [0.05, 0.1) is 39.6 Å². The van der Waals surface area contributed by atoms with Crippen LogP contribution in [0.1, 0.15) is 34.6 Å². The maximum Gasteiger partial charge on any atom is 0.217 e. The van der Waals surface area contributed by atoms with Gasteiger partial charge in [-0.25, -0.2) is 0 Å². The number of aliphatic hydroxyl groups is 14. The van der Waals surface area contributed by atoms with Crippen LogP contribution in [0.15, 0.2) is 0 Å². The molecule has 1 unspecified atom stereocenters. The highest BCUT2D eigenvalue weighted by Crippen LogP contribution is 2.37. The fourth-order valence-electron chi connectivity index (χ4n) is 10.8. The Bertz CT molecular complexity index is 2180. The number of carbonyl (C=O) groups is 6. The summed E-state index contributed by atoms with van der Waals surface area (Å²) in [6.45, 7) is -0.610. The summed E-state index contributed by atoms with van der Waals surface area (Å²) in [6.07, 6.45) is -43.3. The number of carbonyl (C=O) groups excluding carboxylic acids is 6. The number of aliphatic hydroxyl groups excluding tert-OH is 14. The van der Waals surface area contributed by atoms with Gasteiger partial charge in [0.1, 0.15) is 146 Å². The van der Waals surface area contributed by atoms with Gasteiger partial charge in [0.25, 0.3) is 0 Å². The van der Waals surface area contributed by atoms with E-state index in [9.17, 15) is 100 Å². The molecule has 6 heterocycles. The zero-order valence-electron chi connectivity index (χ0n) is 45.8. The number of nitrogens with one attached hydrogen (secondary N) is 6. The minimum Gasteiger partial charge on any atom is -0.394 e. The van der Waals surface area contributed by atoms with E-state index < -0.39 is 253 Å². The Morgan fingerprint density at radius 3 is 0.833 bits per heavy atom. The van der Waals surface area contributed by atoms with Crippen molar-refractivity contribution in [2.75, 3.05) is 39.6 Å². The Labute approximate surface area is 477 Å². The van der Waals surface area contributed by atoms with Crippen molar-refractivity contribution in [3.8, 4) is 0 Å². The van der Waals surface area contributed by atoms with Crippen molar-refractivity contribution in [2.24, 2.45) is 0 Å². The molecule has 6 saturated heterocycles. The first-order valence-corrected chi connectivity index (χ1v) is 26.6. The lowest BCUT2D eigenvalue weighted by Crippen LogP contribution is -2.72. The number of hydrogen-bond donors (Lipinski definition) is 20. The summed E-state index contributed by atoms with van der Waals surface area (Å²) in [5.74, 6) is -3.90. The van der Waals surface area contributed by atoms with Gasteiger partial charge < -0.3 is 155 Å². The Hall–Kier alpha value is -4.18. The van der Waals surface area contributed by atoms with E-state index in [0.717, 1.165) is 34.6 Å². The molecule has 0 aliphatic carbocycles.